The first-order valence-corrected chi connectivity index (χ1v) is 6.95. The molecule has 1 saturated heterocycles. The Morgan fingerprint density at radius 2 is 2.20 bits per heavy atom. The van der Waals surface area contributed by atoms with Crippen LogP contribution in [-0.4, -0.2) is 49.4 Å². The third-order valence-electron chi connectivity index (χ3n) is 3.46. The van der Waals surface area contributed by atoms with Crippen molar-refractivity contribution in [3.8, 4) is 0 Å². The Morgan fingerprint density at radius 1 is 1.40 bits per heavy atom. The van der Waals surface area contributed by atoms with Gasteiger partial charge in [-0.25, -0.2) is 0 Å². The molecule has 20 heavy (non-hydrogen) atoms. The summed E-state index contributed by atoms with van der Waals surface area (Å²) in [5, 5.41) is 5.65. The first-order valence-electron chi connectivity index (χ1n) is 6.95. The van der Waals surface area contributed by atoms with Gasteiger partial charge in [0.15, 0.2) is 0 Å². The van der Waals surface area contributed by atoms with E-state index in [4.69, 9.17) is 0 Å². The maximum atomic E-state index is 11.8. The van der Waals surface area contributed by atoms with Crippen molar-refractivity contribution in [2.45, 2.75) is 13.3 Å². The maximum absolute atomic E-state index is 11.8. The molecule has 2 N–H and O–H groups in total. The molecular formula is C15H21N3O2. The highest BCUT2D eigenvalue weighted by atomic mass is 16.2. The fourth-order valence-electron chi connectivity index (χ4n) is 2.31. The van der Waals surface area contributed by atoms with Crippen molar-refractivity contribution < 1.29 is 9.59 Å². The number of nitrogens with zero attached hydrogens (tertiary/aromatic N) is 1. The number of nitrogens with one attached hydrogen (secondary N) is 2. The van der Waals surface area contributed by atoms with E-state index in [0.29, 0.717) is 26.2 Å². The maximum Gasteiger partial charge on any atom is 0.234 e. The SMILES string of the molecule is Cc1ccccc1CCNC(=O)CN1CCNC(=O)C1. The highest BCUT2D eigenvalue weighted by molar-refractivity contribution is 5.81. The smallest absolute Gasteiger partial charge is 0.234 e. The molecule has 0 radical (unpaired) electrons. The molecule has 5 heteroatoms. The van der Waals surface area contributed by atoms with E-state index in [0.717, 1.165) is 13.0 Å². The van der Waals surface area contributed by atoms with Crippen LogP contribution in [0.15, 0.2) is 24.3 Å². The van der Waals surface area contributed by atoms with Gasteiger partial charge in [-0.2, -0.15) is 0 Å². The Balaban J connectivity index is 1.70. The summed E-state index contributed by atoms with van der Waals surface area (Å²) in [4.78, 5) is 24.9. The minimum Gasteiger partial charge on any atom is -0.355 e. The molecule has 1 aromatic rings. The molecule has 1 heterocycles. The molecular weight excluding hydrogens is 254 g/mol. The molecule has 0 aromatic heterocycles. The molecule has 0 aliphatic carbocycles. The molecule has 1 aliphatic rings. The number of amides is 2. The molecule has 0 saturated carbocycles. The first kappa shape index (κ1) is 14.5. The lowest BCUT2D eigenvalue weighted by molar-refractivity contribution is -0.126. The van der Waals surface area contributed by atoms with Crippen LogP contribution in [0, 0.1) is 6.92 Å². The molecule has 5 nitrogen and oxygen atoms in total. The number of piperazine rings is 1. The second kappa shape index (κ2) is 7.05. The van der Waals surface area contributed by atoms with Crippen LogP contribution in [0.25, 0.3) is 0 Å². The molecule has 108 valence electrons. The van der Waals surface area contributed by atoms with Gasteiger partial charge in [-0.05, 0) is 24.5 Å². The Kier molecular flexibility index (Phi) is 5.12. The van der Waals surface area contributed by atoms with Crippen LogP contribution in [0.3, 0.4) is 0 Å². The summed E-state index contributed by atoms with van der Waals surface area (Å²) in [5.41, 5.74) is 2.50. The van der Waals surface area contributed by atoms with Gasteiger partial charge in [-0.3, -0.25) is 14.5 Å². The lowest BCUT2D eigenvalue weighted by Crippen LogP contribution is -2.50. The molecule has 0 spiro atoms. The predicted octanol–water partition coefficient (Wildman–Crippen LogP) is 0.0855. The topological polar surface area (TPSA) is 61.4 Å². The van der Waals surface area contributed by atoms with Gasteiger partial charge >= 0.3 is 0 Å². The zero-order valence-electron chi connectivity index (χ0n) is 11.8. The van der Waals surface area contributed by atoms with Crippen molar-refractivity contribution in [3.05, 3.63) is 35.4 Å². The van der Waals surface area contributed by atoms with Crippen molar-refractivity contribution in [3.63, 3.8) is 0 Å². The first-order chi connectivity index (χ1) is 9.65. The Bertz CT molecular complexity index is 488. The van der Waals surface area contributed by atoms with E-state index >= 15 is 0 Å². The zero-order chi connectivity index (χ0) is 14.4. The van der Waals surface area contributed by atoms with Crippen LogP contribution in [0.5, 0.6) is 0 Å². The van der Waals surface area contributed by atoms with Crippen LogP contribution in [0.2, 0.25) is 0 Å². The zero-order valence-corrected chi connectivity index (χ0v) is 11.8. The van der Waals surface area contributed by atoms with E-state index in [2.05, 4.69) is 29.7 Å². The number of carbonyl (C=O) groups is 2. The molecule has 1 fully saturated rings. The normalized spacial score (nSPS) is 15.8. The quantitative estimate of drug-likeness (QED) is 0.800. The number of rotatable bonds is 5. The standard InChI is InChI=1S/C15H21N3O2/c1-12-4-2-3-5-13(12)6-7-16-14(19)10-18-9-8-17-15(20)11-18/h2-5H,6-11H2,1H3,(H,16,19)(H,17,20). The molecule has 0 bridgehead atoms. The van der Waals surface area contributed by atoms with E-state index in [1.807, 2.05) is 17.0 Å². The largest absolute Gasteiger partial charge is 0.355 e. The minimum atomic E-state index is -0.0201. The number of benzene rings is 1. The van der Waals surface area contributed by atoms with Crippen molar-refractivity contribution in [2.24, 2.45) is 0 Å². The third kappa shape index (κ3) is 4.35. The fraction of sp³-hybridized carbons (Fsp3) is 0.467. The number of carbonyl (C=O) groups excluding carboxylic acids is 2. The van der Waals surface area contributed by atoms with E-state index in [-0.39, 0.29) is 11.8 Å². The van der Waals surface area contributed by atoms with Gasteiger partial charge in [0.2, 0.25) is 11.8 Å². The predicted molar refractivity (Wildman–Crippen MR) is 77.3 cm³/mol. The summed E-state index contributed by atoms with van der Waals surface area (Å²) in [6, 6.07) is 8.18. The van der Waals surface area contributed by atoms with Gasteiger partial charge in [-0.15, -0.1) is 0 Å². The average Bonchev–Trinajstić information content (AvgIpc) is 2.41. The van der Waals surface area contributed by atoms with Crippen LogP contribution in [0.4, 0.5) is 0 Å². The van der Waals surface area contributed by atoms with Crippen molar-refractivity contribution in [1.29, 1.82) is 0 Å². The van der Waals surface area contributed by atoms with Gasteiger partial charge in [0.25, 0.3) is 0 Å². The lowest BCUT2D eigenvalue weighted by atomic mass is 10.1. The van der Waals surface area contributed by atoms with Crippen LogP contribution < -0.4 is 10.6 Å². The highest BCUT2D eigenvalue weighted by Crippen LogP contribution is 2.06. The summed E-state index contributed by atoms with van der Waals surface area (Å²) in [6.45, 7) is 4.66. The van der Waals surface area contributed by atoms with Gasteiger partial charge in [0.1, 0.15) is 0 Å². The van der Waals surface area contributed by atoms with E-state index in [9.17, 15) is 9.59 Å². The van der Waals surface area contributed by atoms with Crippen LogP contribution in [-0.2, 0) is 16.0 Å². The van der Waals surface area contributed by atoms with Crippen molar-refractivity contribution in [2.75, 3.05) is 32.7 Å². The summed E-state index contributed by atoms with van der Waals surface area (Å²) in [5.74, 6) is -0.0303. The average molecular weight is 275 g/mol. The lowest BCUT2D eigenvalue weighted by Gasteiger charge is -2.25. The molecule has 0 atom stereocenters. The highest BCUT2D eigenvalue weighted by Gasteiger charge is 2.18. The molecule has 0 unspecified atom stereocenters. The Morgan fingerprint density at radius 3 is 2.95 bits per heavy atom. The number of hydrogen-bond acceptors (Lipinski definition) is 3. The van der Waals surface area contributed by atoms with E-state index in [1.54, 1.807) is 0 Å². The monoisotopic (exact) mass is 275 g/mol. The van der Waals surface area contributed by atoms with Crippen LogP contribution >= 0.6 is 0 Å². The molecule has 2 amide bonds. The second-order valence-electron chi connectivity index (χ2n) is 5.09. The molecule has 1 aliphatic heterocycles. The van der Waals surface area contributed by atoms with Crippen molar-refractivity contribution in [1.82, 2.24) is 15.5 Å². The number of aryl methyl sites for hydroxylation is 1. The van der Waals surface area contributed by atoms with E-state index in [1.165, 1.54) is 11.1 Å². The van der Waals surface area contributed by atoms with E-state index < -0.39 is 0 Å². The van der Waals surface area contributed by atoms with Crippen molar-refractivity contribution >= 4 is 11.8 Å². The van der Waals surface area contributed by atoms with Gasteiger partial charge in [0.05, 0.1) is 13.1 Å². The molecule has 1 aromatic carbocycles. The molecule has 2 rings (SSSR count). The Labute approximate surface area is 119 Å². The summed E-state index contributed by atoms with van der Waals surface area (Å²) >= 11 is 0. The summed E-state index contributed by atoms with van der Waals surface area (Å²) in [6.07, 6.45) is 0.832. The second-order valence-corrected chi connectivity index (χ2v) is 5.09. The summed E-state index contributed by atoms with van der Waals surface area (Å²) in [7, 11) is 0. The van der Waals surface area contributed by atoms with Gasteiger partial charge in [0, 0.05) is 19.6 Å². The fourth-order valence-corrected chi connectivity index (χ4v) is 2.31. The Hall–Kier alpha value is -1.88. The minimum absolute atomic E-state index is 0.0102. The van der Waals surface area contributed by atoms with Crippen LogP contribution in [0.1, 0.15) is 11.1 Å². The number of hydrogen-bond donors (Lipinski definition) is 2. The summed E-state index contributed by atoms with van der Waals surface area (Å²) < 4.78 is 0. The van der Waals surface area contributed by atoms with Gasteiger partial charge in [-0.1, -0.05) is 24.3 Å². The third-order valence-corrected chi connectivity index (χ3v) is 3.46. The van der Waals surface area contributed by atoms with Gasteiger partial charge < -0.3 is 10.6 Å².